The van der Waals surface area contributed by atoms with Crippen molar-refractivity contribution in [1.29, 1.82) is 0 Å². The van der Waals surface area contributed by atoms with Gasteiger partial charge in [0.05, 0.1) is 11.4 Å². The summed E-state index contributed by atoms with van der Waals surface area (Å²) in [6.07, 6.45) is -3.85. The number of nitrogens with one attached hydrogen (secondary N) is 1. The summed E-state index contributed by atoms with van der Waals surface area (Å²) in [5.41, 5.74) is 0.406. The average Bonchev–Trinajstić information content (AvgIpc) is 2.78. The van der Waals surface area contributed by atoms with Crippen LogP contribution in [0.3, 0.4) is 0 Å². The van der Waals surface area contributed by atoms with Crippen molar-refractivity contribution in [3.05, 3.63) is 29.8 Å². The summed E-state index contributed by atoms with van der Waals surface area (Å²) in [7, 11) is -3.73. The SMILES string of the molecule is CC(C)[C@H](N=C1NS(=O)(=O)c2ccccc21)C(=O)N1CCCN(CC(F)(F)F)CC1. The second-order valence-corrected chi connectivity index (χ2v) is 9.49. The molecule has 1 N–H and O–H groups in total. The molecule has 1 fully saturated rings. The molecule has 0 aliphatic carbocycles. The third-order valence-electron chi connectivity index (χ3n) is 5.12. The first-order chi connectivity index (χ1) is 14.0. The van der Waals surface area contributed by atoms with Crippen LogP contribution >= 0.6 is 0 Å². The number of amidine groups is 1. The molecule has 2 aliphatic heterocycles. The van der Waals surface area contributed by atoms with Crippen LogP contribution in [0.5, 0.6) is 0 Å². The minimum absolute atomic E-state index is 0.108. The van der Waals surface area contributed by atoms with E-state index in [1.54, 1.807) is 32.0 Å². The molecule has 0 aromatic heterocycles. The van der Waals surface area contributed by atoms with Gasteiger partial charge >= 0.3 is 6.18 Å². The first-order valence-electron chi connectivity index (χ1n) is 9.76. The van der Waals surface area contributed by atoms with E-state index in [1.165, 1.54) is 15.9 Å². The van der Waals surface area contributed by atoms with Crippen molar-refractivity contribution in [2.45, 2.75) is 37.4 Å². The van der Waals surface area contributed by atoms with Gasteiger partial charge in [-0.1, -0.05) is 26.0 Å². The fourth-order valence-corrected chi connectivity index (χ4v) is 4.89. The highest BCUT2D eigenvalue weighted by Crippen LogP contribution is 2.24. The van der Waals surface area contributed by atoms with Crippen LogP contribution in [-0.4, -0.2) is 74.9 Å². The number of aliphatic imine (C=N–C) groups is 1. The van der Waals surface area contributed by atoms with Gasteiger partial charge in [-0.25, -0.2) is 8.42 Å². The number of rotatable bonds is 4. The molecule has 0 unspecified atom stereocenters. The number of fused-ring (bicyclic) bond motifs is 1. The van der Waals surface area contributed by atoms with Crippen molar-refractivity contribution in [3.8, 4) is 0 Å². The van der Waals surface area contributed by atoms with Crippen LogP contribution in [0.4, 0.5) is 13.2 Å². The van der Waals surface area contributed by atoms with Crippen LogP contribution in [0.25, 0.3) is 0 Å². The predicted molar refractivity (Wildman–Crippen MR) is 106 cm³/mol. The molecule has 1 saturated heterocycles. The summed E-state index contributed by atoms with van der Waals surface area (Å²) in [6.45, 7) is 3.50. The van der Waals surface area contributed by atoms with E-state index in [0.29, 0.717) is 18.5 Å². The van der Waals surface area contributed by atoms with Gasteiger partial charge in [-0.05, 0) is 24.5 Å². The highest BCUT2D eigenvalue weighted by molar-refractivity contribution is 7.90. The van der Waals surface area contributed by atoms with Gasteiger partial charge in [-0.3, -0.25) is 19.4 Å². The average molecular weight is 446 g/mol. The second kappa shape index (κ2) is 8.54. The molecule has 0 saturated carbocycles. The monoisotopic (exact) mass is 446 g/mol. The van der Waals surface area contributed by atoms with Crippen LogP contribution < -0.4 is 4.72 Å². The number of hydrogen-bond donors (Lipinski definition) is 1. The topological polar surface area (TPSA) is 82.1 Å². The smallest absolute Gasteiger partial charge is 0.340 e. The standard InChI is InChI=1S/C19H25F3N4O3S/c1-13(2)16(23-17-14-6-3-4-7-15(14)30(28,29)24-17)18(27)26-9-5-8-25(10-11-26)12-19(20,21)22/h3-4,6-7,13,16H,5,8-12H2,1-2H3,(H,23,24)/t16-/m0/s1. The Bertz CT molecular complexity index is 931. The van der Waals surface area contributed by atoms with E-state index in [1.807, 2.05) is 0 Å². The molecule has 1 aromatic carbocycles. The Kier molecular flexibility index (Phi) is 6.42. The van der Waals surface area contributed by atoms with Crippen molar-refractivity contribution in [3.63, 3.8) is 0 Å². The molecule has 0 spiro atoms. The molecule has 7 nitrogen and oxygen atoms in total. The van der Waals surface area contributed by atoms with Gasteiger partial charge in [0.1, 0.15) is 11.9 Å². The summed E-state index contributed by atoms with van der Waals surface area (Å²) in [6, 6.07) is 5.54. The fourth-order valence-electron chi connectivity index (χ4n) is 3.65. The van der Waals surface area contributed by atoms with Gasteiger partial charge in [0.15, 0.2) is 0 Å². The lowest BCUT2D eigenvalue weighted by Crippen LogP contribution is -2.44. The Morgan fingerprint density at radius 1 is 1.17 bits per heavy atom. The first kappa shape index (κ1) is 22.5. The van der Waals surface area contributed by atoms with E-state index in [0.717, 1.165) is 0 Å². The first-order valence-corrected chi connectivity index (χ1v) is 11.2. The van der Waals surface area contributed by atoms with Crippen molar-refractivity contribution < 1.29 is 26.4 Å². The Labute approximate surface area is 174 Å². The molecular formula is C19H25F3N4O3S. The number of benzene rings is 1. The largest absolute Gasteiger partial charge is 0.401 e. The van der Waals surface area contributed by atoms with Gasteiger partial charge in [0.2, 0.25) is 5.91 Å². The van der Waals surface area contributed by atoms with Crippen LogP contribution in [0.2, 0.25) is 0 Å². The molecule has 3 rings (SSSR count). The maximum Gasteiger partial charge on any atom is 0.401 e. The van der Waals surface area contributed by atoms with E-state index in [-0.39, 0.29) is 42.2 Å². The third-order valence-corrected chi connectivity index (χ3v) is 6.52. The minimum atomic E-state index is -4.28. The normalized spacial score (nSPS) is 21.9. The van der Waals surface area contributed by atoms with E-state index in [2.05, 4.69) is 9.71 Å². The zero-order valence-electron chi connectivity index (χ0n) is 16.8. The molecule has 1 amide bonds. The van der Waals surface area contributed by atoms with Crippen LogP contribution in [0.15, 0.2) is 34.2 Å². The summed E-state index contributed by atoms with van der Waals surface area (Å²) in [5, 5.41) is 0. The number of nitrogens with zero attached hydrogens (tertiary/aromatic N) is 3. The summed E-state index contributed by atoms with van der Waals surface area (Å²) >= 11 is 0. The quantitative estimate of drug-likeness (QED) is 0.765. The lowest BCUT2D eigenvalue weighted by molar-refractivity contribution is -0.145. The number of hydrogen-bond acceptors (Lipinski definition) is 5. The molecule has 1 atom stereocenters. The van der Waals surface area contributed by atoms with Crippen LogP contribution in [0.1, 0.15) is 25.8 Å². The molecule has 1 aromatic rings. The maximum atomic E-state index is 13.1. The zero-order chi connectivity index (χ0) is 22.1. The van der Waals surface area contributed by atoms with Gasteiger partial charge in [-0.2, -0.15) is 13.2 Å². The van der Waals surface area contributed by atoms with Crippen molar-refractivity contribution in [2.24, 2.45) is 10.9 Å². The maximum absolute atomic E-state index is 13.1. The number of amides is 1. The third kappa shape index (κ3) is 5.12. The molecule has 11 heteroatoms. The van der Waals surface area contributed by atoms with Crippen LogP contribution in [-0.2, 0) is 14.8 Å². The van der Waals surface area contributed by atoms with E-state index in [4.69, 9.17) is 0 Å². The van der Waals surface area contributed by atoms with Crippen molar-refractivity contribution >= 4 is 21.8 Å². The number of carbonyl (C=O) groups excluding carboxylic acids is 1. The highest BCUT2D eigenvalue weighted by Gasteiger charge is 2.35. The zero-order valence-corrected chi connectivity index (χ0v) is 17.6. The summed E-state index contributed by atoms with van der Waals surface area (Å²) < 4.78 is 65.0. The van der Waals surface area contributed by atoms with Gasteiger partial charge in [0, 0.05) is 31.7 Å². The van der Waals surface area contributed by atoms with Crippen LogP contribution in [0, 0.1) is 5.92 Å². The fraction of sp³-hybridized carbons (Fsp3) is 0.579. The minimum Gasteiger partial charge on any atom is -0.340 e. The second-order valence-electron chi connectivity index (χ2n) is 7.84. The predicted octanol–water partition coefficient (Wildman–Crippen LogP) is 1.85. The van der Waals surface area contributed by atoms with Gasteiger partial charge in [-0.15, -0.1) is 0 Å². The number of carbonyl (C=O) groups is 1. The van der Waals surface area contributed by atoms with E-state index in [9.17, 15) is 26.4 Å². The molecule has 166 valence electrons. The van der Waals surface area contributed by atoms with Gasteiger partial charge < -0.3 is 4.90 Å². The van der Waals surface area contributed by atoms with E-state index < -0.39 is 28.8 Å². The molecular weight excluding hydrogens is 421 g/mol. The Morgan fingerprint density at radius 2 is 1.87 bits per heavy atom. The Balaban J connectivity index is 1.79. The number of alkyl halides is 3. The van der Waals surface area contributed by atoms with Gasteiger partial charge in [0.25, 0.3) is 10.0 Å². The highest BCUT2D eigenvalue weighted by atomic mass is 32.2. The van der Waals surface area contributed by atoms with Crippen molar-refractivity contribution in [1.82, 2.24) is 14.5 Å². The lowest BCUT2D eigenvalue weighted by atomic mass is 10.0. The van der Waals surface area contributed by atoms with Crippen molar-refractivity contribution in [2.75, 3.05) is 32.7 Å². The summed E-state index contributed by atoms with van der Waals surface area (Å²) in [5.74, 6) is -0.419. The number of sulfonamides is 1. The lowest BCUT2D eigenvalue weighted by Gasteiger charge is -2.27. The molecule has 0 radical (unpaired) electrons. The molecule has 0 bridgehead atoms. The molecule has 2 heterocycles. The number of halogens is 3. The van der Waals surface area contributed by atoms with E-state index >= 15 is 0 Å². The Morgan fingerprint density at radius 3 is 2.53 bits per heavy atom. The molecule has 2 aliphatic rings. The Hall–Kier alpha value is -2.14. The summed E-state index contributed by atoms with van der Waals surface area (Å²) in [4.78, 5) is 20.5. The molecule has 30 heavy (non-hydrogen) atoms.